The number of carbonyl (C=O) groups is 1. The van der Waals surface area contributed by atoms with Crippen LogP contribution in [0.3, 0.4) is 0 Å². The molecule has 4 rings (SSSR count). The first kappa shape index (κ1) is 23.9. The Hall–Kier alpha value is -2.21. The minimum atomic E-state index is -1.25. The van der Waals surface area contributed by atoms with Crippen molar-refractivity contribution < 1.29 is 20.1 Å². The summed E-state index contributed by atoms with van der Waals surface area (Å²) < 4.78 is 0. The number of benzene rings is 1. The molecule has 0 aromatic heterocycles. The number of nitrogens with one attached hydrogen (secondary N) is 1. The van der Waals surface area contributed by atoms with Crippen molar-refractivity contribution in [2.24, 2.45) is 29.1 Å². The van der Waals surface area contributed by atoms with E-state index in [4.69, 9.17) is 0 Å². The van der Waals surface area contributed by atoms with E-state index in [-0.39, 0.29) is 29.7 Å². The van der Waals surface area contributed by atoms with Crippen LogP contribution in [0.25, 0.3) is 0 Å². The fourth-order valence-corrected chi connectivity index (χ4v) is 6.61. The van der Waals surface area contributed by atoms with E-state index in [1.54, 1.807) is 19.1 Å². The lowest BCUT2D eigenvalue weighted by Crippen LogP contribution is -2.59. The second-order valence-electron chi connectivity index (χ2n) is 10.7. The zero-order valence-electron chi connectivity index (χ0n) is 19.8. The lowest BCUT2D eigenvalue weighted by Gasteiger charge is -2.51. The molecule has 2 fully saturated rings. The number of aliphatic hydroxyl groups is 3. The van der Waals surface area contributed by atoms with Gasteiger partial charge in [-0.25, -0.2) is 0 Å². The van der Waals surface area contributed by atoms with Crippen LogP contribution in [0, 0.1) is 29.1 Å². The lowest BCUT2D eigenvalue weighted by molar-refractivity contribution is -0.147. The number of hydrogen-bond donors (Lipinski definition) is 4. The molecule has 0 bridgehead atoms. The normalized spacial score (nSPS) is 45.3. The summed E-state index contributed by atoms with van der Waals surface area (Å²) in [6.07, 6.45) is 6.88. The molecule has 4 unspecified atom stereocenters. The van der Waals surface area contributed by atoms with Crippen LogP contribution in [0.15, 0.2) is 66.8 Å². The van der Waals surface area contributed by atoms with Crippen molar-refractivity contribution in [3.05, 3.63) is 72.4 Å². The van der Waals surface area contributed by atoms with Gasteiger partial charge in [0.05, 0.1) is 23.2 Å². The summed E-state index contributed by atoms with van der Waals surface area (Å²) >= 11 is 0. The van der Waals surface area contributed by atoms with E-state index in [0.29, 0.717) is 24.8 Å². The molecule has 4 N–H and O–H groups in total. The van der Waals surface area contributed by atoms with Crippen molar-refractivity contribution in [3.8, 4) is 0 Å². The molecular weight excluding hydrogens is 414 g/mol. The van der Waals surface area contributed by atoms with E-state index in [1.807, 2.05) is 49.4 Å². The van der Waals surface area contributed by atoms with Crippen molar-refractivity contribution >= 4 is 5.91 Å². The molecule has 1 spiro atoms. The van der Waals surface area contributed by atoms with Crippen LogP contribution in [0.2, 0.25) is 0 Å². The maximum absolute atomic E-state index is 13.8. The Kier molecular flexibility index (Phi) is 6.43. The molecule has 5 nitrogen and oxygen atoms in total. The number of allylic oxidation sites excluding steroid dienone is 1. The topological polar surface area (TPSA) is 89.8 Å². The summed E-state index contributed by atoms with van der Waals surface area (Å²) in [6.45, 7) is 10.00. The number of carbonyl (C=O) groups excluding carboxylic acids is 1. The molecular formula is C28H37NO4. The Labute approximate surface area is 196 Å². The van der Waals surface area contributed by atoms with E-state index >= 15 is 0 Å². The fourth-order valence-electron chi connectivity index (χ4n) is 6.61. The molecule has 1 aliphatic heterocycles. The molecule has 1 heterocycles. The summed E-state index contributed by atoms with van der Waals surface area (Å²) in [7, 11) is 0. The minimum absolute atomic E-state index is 0.176. The van der Waals surface area contributed by atoms with Crippen molar-refractivity contribution in [1.29, 1.82) is 0 Å². The second kappa shape index (κ2) is 8.86. The Morgan fingerprint density at radius 1 is 1.15 bits per heavy atom. The third kappa shape index (κ3) is 4.11. The maximum Gasteiger partial charge on any atom is 0.230 e. The molecule has 9 atom stereocenters. The van der Waals surface area contributed by atoms with Crippen LogP contribution in [-0.4, -0.2) is 45.1 Å². The summed E-state index contributed by atoms with van der Waals surface area (Å²) in [4.78, 5) is 13.8. The molecule has 1 saturated heterocycles. The highest BCUT2D eigenvalue weighted by Gasteiger charge is 2.67. The van der Waals surface area contributed by atoms with Crippen molar-refractivity contribution in [1.82, 2.24) is 5.32 Å². The highest BCUT2D eigenvalue weighted by Crippen LogP contribution is 2.57. The maximum atomic E-state index is 13.8. The Morgan fingerprint density at radius 3 is 2.55 bits per heavy atom. The van der Waals surface area contributed by atoms with Crippen molar-refractivity contribution in [3.63, 3.8) is 0 Å². The summed E-state index contributed by atoms with van der Waals surface area (Å²) in [5, 5.41) is 37.0. The molecule has 1 aromatic carbocycles. The molecule has 3 aliphatic rings. The van der Waals surface area contributed by atoms with Crippen LogP contribution in [0.4, 0.5) is 0 Å². The van der Waals surface area contributed by atoms with Gasteiger partial charge in [-0.1, -0.05) is 75.1 Å². The van der Waals surface area contributed by atoms with Gasteiger partial charge in [-0.15, -0.1) is 0 Å². The third-order valence-electron chi connectivity index (χ3n) is 8.16. The summed E-state index contributed by atoms with van der Waals surface area (Å²) in [5.74, 6) is -1.09. The van der Waals surface area contributed by atoms with Crippen molar-refractivity contribution in [2.75, 3.05) is 0 Å². The van der Waals surface area contributed by atoms with Gasteiger partial charge in [0, 0.05) is 17.9 Å². The molecule has 2 aliphatic carbocycles. The quantitative estimate of drug-likeness (QED) is 0.520. The number of aliphatic hydroxyl groups excluding tert-OH is 2. The zero-order valence-corrected chi connectivity index (χ0v) is 19.8. The first-order valence-corrected chi connectivity index (χ1v) is 12.1. The summed E-state index contributed by atoms with van der Waals surface area (Å²) in [6, 6.07) is 9.80. The Balaban J connectivity index is 1.85. The molecule has 0 radical (unpaired) electrons. The Morgan fingerprint density at radius 2 is 1.85 bits per heavy atom. The largest absolute Gasteiger partial charge is 0.388 e. The highest BCUT2D eigenvalue weighted by atomic mass is 16.3. The molecule has 33 heavy (non-hydrogen) atoms. The smallest absolute Gasteiger partial charge is 0.230 e. The van der Waals surface area contributed by atoms with Crippen LogP contribution in [0.1, 0.15) is 39.2 Å². The first-order valence-electron chi connectivity index (χ1n) is 12.1. The summed E-state index contributed by atoms with van der Waals surface area (Å²) in [5.41, 5.74) is -0.544. The van der Waals surface area contributed by atoms with Gasteiger partial charge in [-0.2, -0.15) is 0 Å². The standard InChI is InChI=1S/C28H37NO4/c1-17-9-8-12-21-25(31)19(3)18(2)24-22(15-20-10-6-5-7-11-20)29-26(32)28(21,24)23(30)13-14-27(4,33)16-17/h5-8,10-14,17-18,21-25,30-31,33H,3,9,15-16H2,1-2,4H3,(H,29,32)/b12-8+,14-13+/t17?,18-,21+,22+,23-,24+,25?,27?,28?/m1/s1. The Bertz CT molecular complexity index is 952. The average Bonchev–Trinajstić information content (AvgIpc) is 3.04. The number of rotatable bonds is 2. The lowest BCUT2D eigenvalue weighted by atomic mass is 9.51. The van der Waals surface area contributed by atoms with E-state index in [1.165, 1.54) is 0 Å². The van der Waals surface area contributed by atoms with E-state index in [0.717, 1.165) is 5.56 Å². The van der Waals surface area contributed by atoms with Gasteiger partial charge in [-0.05, 0) is 49.2 Å². The van der Waals surface area contributed by atoms with Gasteiger partial charge in [0.1, 0.15) is 0 Å². The molecule has 1 saturated carbocycles. The van der Waals surface area contributed by atoms with Gasteiger partial charge in [0.15, 0.2) is 0 Å². The van der Waals surface area contributed by atoms with Gasteiger partial charge < -0.3 is 20.6 Å². The van der Waals surface area contributed by atoms with Crippen LogP contribution in [-0.2, 0) is 11.2 Å². The van der Waals surface area contributed by atoms with E-state index < -0.39 is 29.1 Å². The molecule has 5 heteroatoms. The van der Waals surface area contributed by atoms with Crippen molar-refractivity contribution in [2.45, 2.75) is 63.9 Å². The highest BCUT2D eigenvalue weighted by molar-refractivity contribution is 5.88. The SMILES string of the molecule is C=C1C(O)[C@@H]2/C=C/CC(C)CC(C)(O)/C=C/[C@@H](O)C23C(=O)N[C@@H](Cc2ccccc2)[C@@H]3[C@@H]1C. The second-order valence-corrected chi connectivity index (χ2v) is 10.7. The van der Waals surface area contributed by atoms with Gasteiger partial charge in [-0.3, -0.25) is 4.79 Å². The monoisotopic (exact) mass is 451 g/mol. The van der Waals surface area contributed by atoms with Crippen LogP contribution in [0.5, 0.6) is 0 Å². The van der Waals surface area contributed by atoms with Gasteiger partial charge in [0.25, 0.3) is 0 Å². The molecule has 1 amide bonds. The minimum Gasteiger partial charge on any atom is -0.388 e. The van der Waals surface area contributed by atoms with E-state index in [2.05, 4.69) is 18.8 Å². The van der Waals surface area contributed by atoms with Crippen LogP contribution < -0.4 is 5.32 Å². The predicted molar refractivity (Wildman–Crippen MR) is 129 cm³/mol. The van der Waals surface area contributed by atoms with Gasteiger partial charge >= 0.3 is 0 Å². The molecule has 1 aromatic rings. The predicted octanol–water partition coefficient (Wildman–Crippen LogP) is 3.17. The zero-order chi connectivity index (χ0) is 24.0. The average molecular weight is 452 g/mol. The first-order chi connectivity index (χ1) is 15.6. The van der Waals surface area contributed by atoms with E-state index in [9.17, 15) is 20.1 Å². The molecule has 178 valence electrons. The van der Waals surface area contributed by atoms with Crippen LogP contribution >= 0.6 is 0 Å². The fraction of sp³-hybridized carbons (Fsp3) is 0.536. The number of amides is 1. The third-order valence-corrected chi connectivity index (χ3v) is 8.16. The van der Waals surface area contributed by atoms with Gasteiger partial charge in [0.2, 0.25) is 5.91 Å². The number of hydrogen-bond acceptors (Lipinski definition) is 4.